The average molecular weight is 382 g/mol. The molecule has 2 aromatic carbocycles. The number of halogens is 2. The van der Waals surface area contributed by atoms with E-state index in [0.29, 0.717) is 17.9 Å². The minimum Gasteiger partial charge on any atom is -0.805 e. The van der Waals surface area contributed by atoms with Crippen LogP contribution in [0.1, 0.15) is 5.69 Å². The fourth-order valence-corrected chi connectivity index (χ4v) is 4.05. The van der Waals surface area contributed by atoms with E-state index in [4.69, 9.17) is 4.74 Å². The van der Waals surface area contributed by atoms with E-state index in [0.717, 1.165) is 6.92 Å². The summed E-state index contributed by atoms with van der Waals surface area (Å²) in [6, 6.07) is 6.19. The van der Waals surface area contributed by atoms with Gasteiger partial charge in [-0.1, -0.05) is 0 Å². The van der Waals surface area contributed by atoms with Gasteiger partial charge in [0, 0.05) is 11.0 Å². The number of methoxy groups -OCH3 is 1. The van der Waals surface area contributed by atoms with Crippen LogP contribution in [0.3, 0.4) is 0 Å². The van der Waals surface area contributed by atoms with Gasteiger partial charge in [0.2, 0.25) is 0 Å². The minimum atomic E-state index is -4.40. The lowest BCUT2D eigenvalue weighted by atomic mass is 10.2. The maximum absolute atomic E-state index is 13.5. The van der Waals surface area contributed by atoms with Gasteiger partial charge in [0.15, 0.2) is 11.6 Å². The Kier molecular flexibility index (Phi) is 4.15. The molecular weight excluding hydrogens is 370 g/mol. The van der Waals surface area contributed by atoms with Gasteiger partial charge in [0.25, 0.3) is 15.4 Å². The maximum Gasteiger partial charge on any atom is 0.376 e. The van der Waals surface area contributed by atoms with Crippen LogP contribution in [0.5, 0.6) is 5.75 Å². The molecule has 26 heavy (non-hydrogen) atoms. The molecule has 0 radical (unpaired) electrons. The standard InChI is InChI=1S/C16H12F2N2O5S/c1-9-16(26(23,24)11-5-3-10(25-2)4-6-11)20(22)15-8-13(18)12(17)7-14(15)19(9)21/h3-8H,1-2H3. The van der Waals surface area contributed by atoms with Crippen molar-refractivity contribution in [1.82, 2.24) is 4.73 Å². The van der Waals surface area contributed by atoms with Gasteiger partial charge in [-0.2, -0.15) is 0 Å². The van der Waals surface area contributed by atoms with E-state index in [1.807, 2.05) is 0 Å². The molecule has 0 saturated carbocycles. The zero-order valence-corrected chi connectivity index (χ0v) is 14.4. The third-order valence-corrected chi connectivity index (χ3v) is 5.74. The van der Waals surface area contributed by atoms with Gasteiger partial charge in [0.05, 0.1) is 22.5 Å². The molecule has 0 bridgehead atoms. The molecule has 7 nitrogen and oxygen atoms in total. The second-order valence-electron chi connectivity index (χ2n) is 5.41. The average Bonchev–Trinajstić information content (AvgIpc) is 2.61. The summed E-state index contributed by atoms with van der Waals surface area (Å²) < 4.78 is 57.5. The Balaban J connectivity index is 2.37. The molecule has 0 aliphatic heterocycles. The predicted octanol–water partition coefficient (Wildman–Crippen LogP) is 2.33. The third kappa shape index (κ3) is 2.58. The number of hydrogen-bond acceptors (Lipinski definition) is 5. The molecule has 3 rings (SSSR count). The largest absolute Gasteiger partial charge is 0.805 e. The Morgan fingerprint density at radius 2 is 1.69 bits per heavy atom. The third-order valence-electron chi connectivity index (χ3n) is 3.88. The molecule has 0 aliphatic rings. The Morgan fingerprint density at radius 1 is 1.12 bits per heavy atom. The van der Waals surface area contributed by atoms with Crippen molar-refractivity contribution in [2.24, 2.45) is 0 Å². The van der Waals surface area contributed by atoms with Crippen LogP contribution < -0.4 is 9.16 Å². The van der Waals surface area contributed by atoms with Crippen molar-refractivity contribution >= 4 is 20.9 Å². The zero-order chi connectivity index (χ0) is 19.2. The molecule has 0 spiro atoms. The van der Waals surface area contributed by atoms with Gasteiger partial charge < -0.3 is 14.7 Å². The van der Waals surface area contributed by atoms with Crippen molar-refractivity contribution in [3.63, 3.8) is 0 Å². The van der Waals surface area contributed by atoms with Crippen LogP contribution in [0.4, 0.5) is 8.78 Å². The quantitative estimate of drug-likeness (QED) is 0.648. The molecule has 0 fully saturated rings. The van der Waals surface area contributed by atoms with Crippen molar-refractivity contribution in [2.75, 3.05) is 7.11 Å². The van der Waals surface area contributed by atoms with Gasteiger partial charge in [0.1, 0.15) is 17.0 Å². The summed E-state index contributed by atoms with van der Waals surface area (Å²) >= 11 is 0. The highest BCUT2D eigenvalue weighted by Gasteiger charge is 2.34. The molecule has 0 amide bonds. The van der Waals surface area contributed by atoms with E-state index >= 15 is 0 Å². The summed E-state index contributed by atoms with van der Waals surface area (Å²) in [4.78, 5) is 12.3. The Hall–Kier alpha value is -3.01. The van der Waals surface area contributed by atoms with Crippen LogP contribution in [0.2, 0.25) is 0 Å². The van der Waals surface area contributed by atoms with E-state index in [1.165, 1.54) is 31.4 Å². The zero-order valence-electron chi connectivity index (χ0n) is 13.6. The molecule has 1 heterocycles. The first-order valence-electron chi connectivity index (χ1n) is 7.22. The molecule has 0 atom stereocenters. The number of hydrogen-bond donors (Lipinski definition) is 0. The van der Waals surface area contributed by atoms with Crippen molar-refractivity contribution in [3.8, 4) is 5.75 Å². The lowest BCUT2D eigenvalue weighted by molar-refractivity contribution is -0.512. The molecule has 0 aliphatic carbocycles. The second kappa shape index (κ2) is 6.06. The lowest BCUT2D eigenvalue weighted by Crippen LogP contribution is -2.30. The smallest absolute Gasteiger partial charge is 0.376 e. The van der Waals surface area contributed by atoms with Crippen LogP contribution >= 0.6 is 0 Å². The van der Waals surface area contributed by atoms with E-state index < -0.39 is 43.2 Å². The summed E-state index contributed by atoms with van der Waals surface area (Å²) in [6.07, 6.45) is 0. The number of nitrogens with zero attached hydrogens (tertiary/aromatic N) is 2. The molecule has 1 aromatic heterocycles. The molecule has 136 valence electrons. The first-order valence-corrected chi connectivity index (χ1v) is 8.70. The Labute approximate surface area is 146 Å². The monoisotopic (exact) mass is 382 g/mol. The highest BCUT2D eigenvalue weighted by atomic mass is 32.2. The van der Waals surface area contributed by atoms with Gasteiger partial charge >= 0.3 is 5.03 Å². The fraction of sp³-hybridized carbons (Fsp3) is 0.125. The molecule has 0 unspecified atom stereocenters. The molecule has 10 heteroatoms. The van der Waals surface area contributed by atoms with E-state index in [1.54, 1.807) is 0 Å². The van der Waals surface area contributed by atoms with E-state index in [2.05, 4.69) is 0 Å². The van der Waals surface area contributed by atoms with Crippen LogP contribution in [-0.4, -0.2) is 20.3 Å². The number of fused-ring (bicyclic) bond motifs is 1. The van der Waals surface area contributed by atoms with Gasteiger partial charge in [-0.05, 0) is 31.2 Å². The van der Waals surface area contributed by atoms with Crippen molar-refractivity contribution in [3.05, 3.63) is 63.8 Å². The second-order valence-corrected chi connectivity index (χ2v) is 7.28. The Morgan fingerprint density at radius 3 is 2.27 bits per heavy atom. The predicted molar refractivity (Wildman–Crippen MR) is 87.2 cm³/mol. The summed E-state index contributed by atoms with van der Waals surface area (Å²) in [7, 11) is -3.00. The number of aromatic nitrogens is 2. The first kappa shape index (κ1) is 17.8. The molecule has 0 N–H and O–H groups in total. The van der Waals surface area contributed by atoms with Crippen LogP contribution in [0.25, 0.3) is 11.0 Å². The topological polar surface area (TPSA) is 94.3 Å². The number of rotatable bonds is 3. The first-order chi connectivity index (χ1) is 12.2. The molecule has 3 aromatic rings. The van der Waals surface area contributed by atoms with Gasteiger partial charge in [-0.15, -0.1) is 0 Å². The van der Waals surface area contributed by atoms with Gasteiger partial charge in [-0.3, -0.25) is 0 Å². The number of sulfone groups is 1. The van der Waals surface area contributed by atoms with Crippen molar-refractivity contribution in [2.45, 2.75) is 16.8 Å². The highest BCUT2D eigenvalue weighted by Crippen LogP contribution is 2.25. The van der Waals surface area contributed by atoms with Crippen molar-refractivity contribution < 1.29 is 26.4 Å². The van der Waals surface area contributed by atoms with Crippen LogP contribution in [0, 0.1) is 28.7 Å². The minimum absolute atomic E-state index is 0.0822. The van der Waals surface area contributed by atoms with E-state index in [-0.39, 0.29) is 14.1 Å². The normalized spacial score (nSPS) is 11.7. The molecule has 0 saturated heterocycles. The van der Waals surface area contributed by atoms with Gasteiger partial charge in [-0.25, -0.2) is 17.2 Å². The maximum atomic E-state index is 13.5. The SMILES string of the molecule is COc1ccc(S(=O)(=O)c2c(C)n([O-])c3cc(F)c(F)cc3[n+]2=O)cc1. The highest BCUT2D eigenvalue weighted by molar-refractivity contribution is 7.91. The van der Waals surface area contributed by atoms with Crippen LogP contribution in [-0.2, 0) is 9.84 Å². The summed E-state index contributed by atoms with van der Waals surface area (Å²) in [5.41, 5.74) is -1.55. The fourth-order valence-electron chi connectivity index (χ4n) is 2.55. The molecular formula is C16H12F2N2O5S. The Bertz CT molecular complexity index is 1190. The van der Waals surface area contributed by atoms with Crippen molar-refractivity contribution in [1.29, 1.82) is 0 Å². The number of ether oxygens (including phenoxy) is 1. The summed E-state index contributed by atoms with van der Waals surface area (Å²) in [5.74, 6) is -2.31. The summed E-state index contributed by atoms with van der Waals surface area (Å²) in [6.45, 7) is 1.11. The van der Waals surface area contributed by atoms with E-state index in [9.17, 15) is 27.3 Å². The van der Waals surface area contributed by atoms with Crippen LogP contribution in [0.15, 0.2) is 46.3 Å². The lowest BCUT2D eigenvalue weighted by Gasteiger charge is -2.16. The number of benzene rings is 2. The summed E-state index contributed by atoms with van der Waals surface area (Å²) in [5, 5.41) is 11.5.